The molecule has 0 heterocycles. The molecule has 1 rings (SSSR count). The SMILES string of the molecule is COC(=O)CCN(C)S(=O)(=O)NCCN(C)C1CCCC1. The summed E-state index contributed by atoms with van der Waals surface area (Å²) in [5.41, 5.74) is 0. The van der Waals surface area contributed by atoms with Crippen molar-refractivity contribution < 1.29 is 17.9 Å². The first-order chi connectivity index (χ1) is 9.86. The van der Waals surface area contributed by atoms with Gasteiger partial charge in [0.1, 0.15) is 0 Å². The van der Waals surface area contributed by atoms with Crippen molar-refractivity contribution in [1.82, 2.24) is 13.9 Å². The molecule has 0 atom stereocenters. The van der Waals surface area contributed by atoms with E-state index in [1.807, 2.05) is 7.05 Å². The van der Waals surface area contributed by atoms with Gasteiger partial charge in [0.15, 0.2) is 0 Å². The first-order valence-electron chi connectivity index (χ1n) is 7.35. The van der Waals surface area contributed by atoms with Crippen molar-refractivity contribution in [1.29, 1.82) is 0 Å². The topological polar surface area (TPSA) is 78.9 Å². The Labute approximate surface area is 127 Å². The molecule has 1 aliphatic rings. The number of nitrogens with one attached hydrogen (secondary N) is 1. The number of nitrogens with zero attached hydrogens (tertiary/aromatic N) is 2. The molecule has 0 saturated heterocycles. The Morgan fingerprint density at radius 2 is 1.86 bits per heavy atom. The van der Waals surface area contributed by atoms with E-state index in [0.29, 0.717) is 19.1 Å². The Morgan fingerprint density at radius 3 is 2.43 bits per heavy atom. The molecule has 0 aliphatic heterocycles. The van der Waals surface area contributed by atoms with E-state index in [1.165, 1.54) is 39.8 Å². The highest BCUT2D eigenvalue weighted by molar-refractivity contribution is 7.87. The van der Waals surface area contributed by atoms with Gasteiger partial charge in [-0.3, -0.25) is 4.79 Å². The van der Waals surface area contributed by atoms with E-state index in [1.54, 1.807) is 0 Å². The molecule has 1 aliphatic carbocycles. The maximum atomic E-state index is 12.0. The van der Waals surface area contributed by atoms with Crippen LogP contribution in [0.1, 0.15) is 32.1 Å². The minimum Gasteiger partial charge on any atom is -0.469 e. The predicted octanol–water partition coefficient (Wildman–Crippen LogP) is 0.190. The van der Waals surface area contributed by atoms with Gasteiger partial charge in [0.05, 0.1) is 13.5 Å². The van der Waals surface area contributed by atoms with Crippen molar-refractivity contribution in [3.8, 4) is 0 Å². The molecule has 8 heteroatoms. The summed E-state index contributed by atoms with van der Waals surface area (Å²) in [4.78, 5) is 13.2. The molecule has 0 amide bonds. The Kier molecular flexibility index (Phi) is 7.58. The summed E-state index contributed by atoms with van der Waals surface area (Å²) < 4.78 is 32.1. The number of carbonyl (C=O) groups is 1. The first kappa shape index (κ1) is 18.3. The zero-order valence-electron chi connectivity index (χ0n) is 13.2. The van der Waals surface area contributed by atoms with Crippen LogP contribution in [0, 0.1) is 0 Å². The molecule has 0 aromatic rings. The molecule has 0 bridgehead atoms. The second-order valence-corrected chi connectivity index (χ2v) is 7.33. The molecule has 7 nitrogen and oxygen atoms in total. The van der Waals surface area contributed by atoms with Gasteiger partial charge >= 0.3 is 5.97 Å². The van der Waals surface area contributed by atoms with Crippen molar-refractivity contribution in [2.45, 2.75) is 38.1 Å². The average molecular weight is 321 g/mol. The highest BCUT2D eigenvalue weighted by Crippen LogP contribution is 2.21. The van der Waals surface area contributed by atoms with Crippen molar-refractivity contribution >= 4 is 16.2 Å². The van der Waals surface area contributed by atoms with E-state index < -0.39 is 16.2 Å². The first-order valence-corrected chi connectivity index (χ1v) is 8.79. The quantitative estimate of drug-likeness (QED) is 0.613. The van der Waals surface area contributed by atoms with Crippen molar-refractivity contribution in [3.05, 3.63) is 0 Å². The number of methoxy groups -OCH3 is 1. The Morgan fingerprint density at radius 1 is 1.24 bits per heavy atom. The van der Waals surface area contributed by atoms with Crippen LogP contribution in [0.5, 0.6) is 0 Å². The third-order valence-corrected chi connectivity index (χ3v) is 5.54. The van der Waals surface area contributed by atoms with Crippen LogP contribution in [0.25, 0.3) is 0 Å². The fraction of sp³-hybridized carbons (Fsp3) is 0.923. The van der Waals surface area contributed by atoms with Gasteiger partial charge in [-0.15, -0.1) is 0 Å². The molecule has 0 spiro atoms. The molecule has 21 heavy (non-hydrogen) atoms. The molecule has 0 radical (unpaired) electrons. The van der Waals surface area contributed by atoms with Gasteiger partial charge in [0.2, 0.25) is 0 Å². The lowest BCUT2D eigenvalue weighted by Crippen LogP contribution is -2.43. The van der Waals surface area contributed by atoms with E-state index in [9.17, 15) is 13.2 Å². The number of esters is 1. The smallest absolute Gasteiger partial charge is 0.306 e. The highest BCUT2D eigenvalue weighted by Gasteiger charge is 2.21. The van der Waals surface area contributed by atoms with Gasteiger partial charge in [-0.25, -0.2) is 4.72 Å². The molecule has 124 valence electrons. The van der Waals surface area contributed by atoms with Crippen LogP contribution in [0.4, 0.5) is 0 Å². The maximum Gasteiger partial charge on any atom is 0.306 e. The molecule has 0 unspecified atom stereocenters. The van der Waals surface area contributed by atoms with E-state index in [2.05, 4.69) is 14.4 Å². The summed E-state index contributed by atoms with van der Waals surface area (Å²) in [6, 6.07) is 0.576. The lowest BCUT2D eigenvalue weighted by molar-refractivity contribution is -0.140. The van der Waals surface area contributed by atoms with Crippen LogP contribution in [-0.2, 0) is 19.7 Å². The summed E-state index contributed by atoms with van der Waals surface area (Å²) in [6.45, 7) is 1.17. The van der Waals surface area contributed by atoms with Crippen LogP contribution < -0.4 is 4.72 Å². The number of likely N-dealkylation sites (N-methyl/N-ethyl adjacent to an activating group) is 1. The van der Waals surface area contributed by atoms with Crippen molar-refractivity contribution in [3.63, 3.8) is 0 Å². The summed E-state index contributed by atoms with van der Waals surface area (Å²) in [7, 11) is 1.23. The van der Waals surface area contributed by atoms with E-state index in [0.717, 1.165) is 4.31 Å². The van der Waals surface area contributed by atoms with Gasteiger partial charge in [0, 0.05) is 32.7 Å². The molecule has 1 fully saturated rings. The lowest BCUT2D eigenvalue weighted by Gasteiger charge is -2.24. The van der Waals surface area contributed by atoms with E-state index in [-0.39, 0.29) is 13.0 Å². The van der Waals surface area contributed by atoms with E-state index >= 15 is 0 Å². The number of rotatable bonds is 9. The highest BCUT2D eigenvalue weighted by atomic mass is 32.2. The average Bonchev–Trinajstić information content (AvgIpc) is 2.98. The van der Waals surface area contributed by atoms with Crippen molar-refractivity contribution in [2.75, 3.05) is 40.8 Å². The zero-order chi connectivity index (χ0) is 15.9. The fourth-order valence-electron chi connectivity index (χ4n) is 2.46. The van der Waals surface area contributed by atoms with Crippen LogP contribution in [-0.4, -0.2) is 70.5 Å². The fourth-order valence-corrected chi connectivity index (χ4v) is 3.36. The summed E-state index contributed by atoms with van der Waals surface area (Å²) >= 11 is 0. The maximum absolute atomic E-state index is 12.0. The third kappa shape index (κ3) is 6.29. The number of ether oxygens (including phenoxy) is 1. The predicted molar refractivity (Wildman–Crippen MR) is 81.1 cm³/mol. The van der Waals surface area contributed by atoms with Gasteiger partial charge in [0.25, 0.3) is 10.2 Å². The third-order valence-electron chi connectivity index (χ3n) is 3.97. The Bertz CT molecular complexity index is 421. The molecule has 1 saturated carbocycles. The van der Waals surface area contributed by atoms with Gasteiger partial charge in [-0.1, -0.05) is 12.8 Å². The number of hydrogen-bond acceptors (Lipinski definition) is 5. The van der Waals surface area contributed by atoms with Crippen molar-refractivity contribution in [2.24, 2.45) is 0 Å². The van der Waals surface area contributed by atoms with Gasteiger partial charge < -0.3 is 9.64 Å². The summed E-state index contributed by atoms with van der Waals surface area (Å²) in [5, 5.41) is 0. The zero-order valence-corrected chi connectivity index (χ0v) is 14.0. The monoisotopic (exact) mass is 321 g/mol. The van der Waals surface area contributed by atoms with Crippen LogP contribution in [0.3, 0.4) is 0 Å². The number of hydrogen-bond donors (Lipinski definition) is 1. The molecule has 0 aromatic carbocycles. The Balaban J connectivity index is 2.29. The summed E-state index contributed by atoms with van der Waals surface area (Å²) in [6.07, 6.45) is 4.97. The number of carbonyl (C=O) groups excluding carboxylic acids is 1. The van der Waals surface area contributed by atoms with E-state index in [4.69, 9.17) is 0 Å². The Hall–Kier alpha value is -0.700. The summed E-state index contributed by atoms with van der Waals surface area (Å²) in [5.74, 6) is -0.419. The molecular formula is C13H27N3O4S. The van der Waals surface area contributed by atoms with Crippen LogP contribution in [0.2, 0.25) is 0 Å². The standard InChI is InChI=1S/C13H27N3O4S/c1-15(12-6-4-5-7-12)11-9-14-21(18,19)16(2)10-8-13(17)20-3/h12,14H,4-11H2,1-3H3. The second-order valence-electron chi connectivity index (χ2n) is 5.47. The minimum atomic E-state index is -3.53. The molecular weight excluding hydrogens is 294 g/mol. The molecule has 1 N–H and O–H groups in total. The lowest BCUT2D eigenvalue weighted by atomic mass is 10.2. The largest absolute Gasteiger partial charge is 0.469 e. The van der Waals surface area contributed by atoms with Gasteiger partial charge in [-0.2, -0.15) is 12.7 Å². The normalized spacial score (nSPS) is 16.8. The second kappa shape index (κ2) is 8.67. The van der Waals surface area contributed by atoms with Gasteiger partial charge in [-0.05, 0) is 19.9 Å². The van der Waals surface area contributed by atoms with Crippen LogP contribution in [0.15, 0.2) is 0 Å². The molecule has 0 aromatic heterocycles. The van der Waals surface area contributed by atoms with Crippen LogP contribution >= 0.6 is 0 Å². The minimum absolute atomic E-state index is 0.0515.